The topological polar surface area (TPSA) is 74.3 Å². The van der Waals surface area contributed by atoms with E-state index in [0.29, 0.717) is 24.8 Å². The molecule has 1 aromatic rings. The minimum atomic E-state index is -0.312. The van der Waals surface area contributed by atoms with E-state index in [1.165, 1.54) is 0 Å². The molecule has 27 heavy (non-hydrogen) atoms. The van der Waals surface area contributed by atoms with E-state index >= 15 is 0 Å². The van der Waals surface area contributed by atoms with E-state index in [1.54, 1.807) is 11.3 Å². The molecule has 0 spiro atoms. The molecule has 0 unspecified atom stereocenters. The Morgan fingerprint density at radius 1 is 1.41 bits per heavy atom. The molecular formula is C20H30N4O2S. The molecule has 3 aliphatic rings. The predicted molar refractivity (Wildman–Crippen MR) is 106 cm³/mol. The molecule has 3 aliphatic heterocycles. The molecule has 148 valence electrons. The van der Waals surface area contributed by atoms with Crippen molar-refractivity contribution in [1.82, 2.24) is 20.5 Å². The van der Waals surface area contributed by atoms with Crippen LogP contribution in [-0.2, 0) is 16.0 Å². The number of amides is 2. The lowest BCUT2D eigenvalue weighted by molar-refractivity contribution is -0.157. The monoisotopic (exact) mass is 390 g/mol. The van der Waals surface area contributed by atoms with Crippen molar-refractivity contribution in [3.05, 3.63) is 16.1 Å². The summed E-state index contributed by atoms with van der Waals surface area (Å²) in [6.07, 6.45) is 4.38. The van der Waals surface area contributed by atoms with Crippen LogP contribution >= 0.6 is 11.3 Å². The van der Waals surface area contributed by atoms with E-state index in [9.17, 15) is 9.59 Å². The summed E-state index contributed by atoms with van der Waals surface area (Å²) in [5.74, 6) is 1.36. The number of rotatable bonds is 5. The van der Waals surface area contributed by atoms with E-state index in [2.05, 4.69) is 34.8 Å². The Morgan fingerprint density at radius 2 is 2.22 bits per heavy atom. The van der Waals surface area contributed by atoms with Gasteiger partial charge in [-0.3, -0.25) is 9.59 Å². The highest BCUT2D eigenvalue weighted by atomic mass is 32.1. The number of thiazole rings is 1. The molecule has 7 heteroatoms. The third kappa shape index (κ3) is 3.76. The zero-order valence-corrected chi connectivity index (χ0v) is 17.1. The molecule has 3 saturated heterocycles. The molecule has 2 bridgehead atoms. The van der Waals surface area contributed by atoms with Crippen molar-refractivity contribution in [2.75, 3.05) is 19.6 Å². The van der Waals surface area contributed by atoms with Crippen molar-refractivity contribution in [1.29, 1.82) is 0 Å². The van der Waals surface area contributed by atoms with Crippen molar-refractivity contribution in [3.63, 3.8) is 0 Å². The average Bonchev–Trinajstić information content (AvgIpc) is 3.12. The van der Waals surface area contributed by atoms with Gasteiger partial charge in [0.1, 0.15) is 6.04 Å². The highest BCUT2D eigenvalue weighted by Gasteiger charge is 2.50. The van der Waals surface area contributed by atoms with Crippen LogP contribution in [0.15, 0.2) is 5.38 Å². The highest BCUT2D eigenvalue weighted by Crippen LogP contribution is 2.39. The second-order valence-corrected chi connectivity index (χ2v) is 9.38. The lowest BCUT2D eigenvalue weighted by Gasteiger charge is -2.53. The van der Waals surface area contributed by atoms with Gasteiger partial charge in [0.15, 0.2) is 0 Å². The van der Waals surface area contributed by atoms with Crippen LogP contribution in [0, 0.1) is 11.8 Å². The van der Waals surface area contributed by atoms with Crippen molar-refractivity contribution in [2.45, 2.75) is 64.0 Å². The van der Waals surface area contributed by atoms with Crippen molar-refractivity contribution < 1.29 is 9.59 Å². The fourth-order valence-corrected chi connectivity index (χ4v) is 5.84. The van der Waals surface area contributed by atoms with Crippen LogP contribution in [0.5, 0.6) is 0 Å². The third-order valence-electron chi connectivity index (χ3n) is 6.26. The van der Waals surface area contributed by atoms with Crippen LogP contribution in [0.1, 0.15) is 56.2 Å². The van der Waals surface area contributed by atoms with Gasteiger partial charge in [0.2, 0.25) is 11.8 Å². The third-order valence-corrected chi connectivity index (χ3v) is 7.45. The van der Waals surface area contributed by atoms with Gasteiger partial charge in [-0.2, -0.15) is 0 Å². The maximum absolute atomic E-state index is 13.1. The number of nitrogens with one attached hydrogen (secondary N) is 2. The Balaban J connectivity index is 1.40. The SMILES string of the molecule is CC(C)c1nc(CCNC(=O)[C@H]2[C@@H]3CNC[C@@H](C3)[C@@H]3CCCC(=O)N32)cs1. The first-order chi connectivity index (χ1) is 13.0. The summed E-state index contributed by atoms with van der Waals surface area (Å²) in [7, 11) is 0. The molecule has 3 fully saturated rings. The summed E-state index contributed by atoms with van der Waals surface area (Å²) in [5, 5.41) is 9.82. The number of nitrogens with zero attached hydrogens (tertiary/aromatic N) is 2. The fraction of sp³-hybridized carbons (Fsp3) is 0.750. The summed E-state index contributed by atoms with van der Waals surface area (Å²) >= 11 is 1.69. The zero-order chi connectivity index (χ0) is 19.0. The predicted octanol–water partition coefficient (Wildman–Crippen LogP) is 1.91. The van der Waals surface area contributed by atoms with Gasteiger partial charge in [-0.25, -0.2) is 4.98 Å². The van der Waals surface area contributed by atoms with Gasteiger partial charge in [0.05, 0.1) is 10.7 Å². The maximum Gasteiger partial charge on any atom is 0.243 e. The number of piperidine rings is 3. The molecule has 1 aromatic heterocycles. The number of hydrogen-bond acceptors (Lipinski definition) is 5. The largest absolute Gasteiger partial charge is 0.354 e. The molecule has 4 heterocycles. The van der Waals surface area contributed by atoms with Crippen LogP contribution < -0.4 is 10.6 Å². The van der Waals surface area contributed by atoms with E-state index < -0.39 is 0 Å². The maximum atomic E-state index is 13.1. The summed E-state index contributed by atoms with van der Waals surface area (Å²) in [4.78, 5) is 32.3. The summed E-state index contributed by atoms with van der Waals surface area (Å²) in [5.41, 5.74) is 1.04. The van der Waals surface area contributed by atoms with Crippen LogP contribution in [0.4, 0.5) is 0 Å². The molecule has 0 saturated carbocycles. The zero-order valence-electron chi connectivity index (χ0n) is 16.2. The number of hydrogen-bond donors (Lipinski definition) is 2. The second kappa shape index (κ2) is 7.87. The molecule has 0 radical (unpaired) electrons. The summed E-state index contributed by atoms with van der Waals surface area (Å²) in [6, 6.07) is -0.0771. The lowest BCUT2D eigenvalue weighted by Crippen LogP contribution is -2.68. The van der Waals surface area contributed by atoms with Gasteiger partial charge < -0.3 is 15.5 Å². The average molecular weight is 391 g/mol. The standard InChI is InChI=1S/C20H30N4O2S/c1-12(2)20-23-15(11-27-20)6-7-22-19(26)18-14-8-13(9-21-10-14)16-4-3-5-17(25)24(16)18/h11-14,16,18,21H,3-10H2,1-2H3,(H,22,26)/t13-,14+,16+,18-/m1/s1. The Bertz CT molecular complexity index is 704. The van der Waals surface area contributed by atoms with Crippen molar-refractivity contribution in [2.24, 2.45) is 11.8 Å². The fourth-order valence-electron chi connectivity index (χ4n) is 4.97. The van der Waals surface area contributed by atoms with Crippen LogP contribution in [0.2, 0.25) is 0 Å². The summed E-state index contributed by atoms with van der Waals surface area (Å²) in [6.45, 7) is 6.67. The molecule has 0 aromatic carbocycles. The first kappa shape index (κ1) is 18.9. The summed E-state index contributed by atoms with van der Waals surface area (Å²) < 4.78 is 0. The lowest BCUT2D eigenvalue weighted by atomic mass is 9.72. The molecule has 6 nitrogen and oxygen atoms in total. The Morgan fingerprint density at radius 3 is 3.00 bits per heavy atom. The van der Waals surface area contributed by atoms with Crippen LogP contribution in [0.3, 0.4) is 0 Å². The number of fused-ring (bicyclic) bond motifs is 4. The van der Waals surface area contributed by atoms with Crippen molar-refractivity contribution in [3.8, 4) is 0 Å². The Hall–Kier alpha value is -1.47. The van der Waals surface area contributed by atoms with Gasteiger partial charge in [-0.05, 0) is 31.7 Å². The minimum absolute atomic E-state index is 0.0155. The number of aromatic nitrogens is 1. The number of carbonyl (C=O) groups is 2. The number of carbonyl (C=O) groups excluding carboxylic acids is 2. The Labute approximate surface area is 165 Å². The van der Waals surface area contributed by atoms with Gasteiger partial charge in [-0.1, -0.05) is 13.8 Å². The highest BCUT2D eigenvalue weighted by molar-refractivity contribution is 7.09. The molecule has 4 atom stereocenters. The van der Waals surface area contributed by atoms with Crippen LogP contribution in [0.25, 0.3) is 0 Å². The van der Waals surface area contributed by atoms with Crippen molar-refractivity contribution >= 4 is 23.2 Å². The van der Waals surface area contributed by atoms with Crippen LogP contribution in [-0.4, -0.2) is 53.4 Å². The van der Waals surface area contributed by atoms with Gasteiger partial charge in [0, 0.05) is 49.2 Å². The first-order valence-corrected chi connectivity index (χ1v) is 11.2. The first-order valence-electron chi connectivity index (χ1n) is 10.3. The minimum Gasteiger partial charge on any atom is -0.354 e. The normalized spacial score (nSPS) is 30.3. The molecular weight excluding hydrogens is 360 g/mol. The smallest absolute Gasteiger partial charge is 0.243 e. The van der Waals surface area contributed by atoms with Gasteiger partial charge in [-0.15, -0.1) is 11.3 Å². The van der Waals surface area contributed by atoms with E-state index in [-0.39, 0.29) is 29.8 Å². The second-order valence-electron chi connectivity index (χ2n) is 8.49. The Kier molecular flexibility index (Phi) is 5.50. The molecule has 4 rings (SSSR count). The van der Waals surface area contributed by atoms with E-state index in [1.807, 2.05) is 4.90 Å². The quantitative estimate of drug-likeness (QED) is 0.805. The van der Waals surface area contributed by atoms with E-state index in [0.717, 1.165) is 49.5 Å². The van der Waals surface area contributed by atoms with E-state index in [4.69, 9.17) is 0 Å². The van der Waals surface area contributed by atoms with Gasteiger partial charge in [0.25, 0.3) is 0 Å². The molecule has 2 N–H and O–H groups in total. The van der Waals surface area contributed by atoms with Gasteiger partial charge >= 0.3 is 0 Å². The molecule has 2 amide bonds. The molecule has 0 aliphatic carbocycles.